The van der Waals surface area contributed by atoms with E-state index in [4.69, 9.17) is 4.74 Å². The molecule has 180 valence electrons. The van der Waals surface area contributed by atoms with E-state index in [0.717, 1.165) is 9.21 Å². The summed E-state index contributed by atoms with van der Waals surface area (Å²) in [7, 11) is -2.49. The number of sulfonamides is 1. The zero-order valence-electron chi connectivity index (χ0n) is 17.1. The molecule has 2 aromatic carbocycles. The lowest BCUT2D eigenvalue weighted by atomic mass is 10.0. The molecule has 1 amide bonds. The molecule has 1 aliphatic rings. The second kappa shape index (κ2) is 8.86. The summed E-state index contributed by atoms with van der Waals surface area (Å²) >= 11 is 0. The summed E-state index contributed by atoms with van der Waals surface area (Å²) < 4.78 is 110. The van der Waals surface area contributed by atoms with Crippen molar-refractivity contribution in [2.75, 3.05) is 33.3 Å². The predicted octanol–water partition coefficient (Wildman–Crippen LogP) is 3.88. The fourth-order valence-corrected chi connectivity index (χ4v) is 4.71. The fourth-order valence-electron chi connectivity index (χ4n) is 3.29. The summed E-state index contributed by atoms with van der Waals surface area (Å²) in [6.07, 6.45) is -10.2. The van der Waals surface area contributed by atoms with Crippen molar-refractivity contribution in [3.05, 3.63) is 59.2 Å². The number of ether oxygens (including phenoxy) is 1. The van der Waals surface area contributed by atoms with Gasteiger partial charge in [0.2, 0.25) is 10.0 Å². The van der Waals surface area contributed by atoms with E-state index in [1.807, 2.05) is 0 Å². The molecule has 1 aliphatic heterocycles. The van der Waals surface area contributed by atoms with E-state index in [9.17, 15) is 39.6 Å². The van der Waals surface area contributed by atoms with Crippen LogP contribution in [0, 0.1) is 0 Å². The molecule has 0 radical (unpaired) electrons. The SMILES string of the molecule is COc1ccc(S(=O)(=O)N2CCN(C(=O)c3cc(C(F)(F)F)cc(C(F)(F)F)c3)CC2)cc1. The predicted molar refractivity (Wildman–Crippen MR) is 104 cm³/mol. The maximum absolute atomic E-state index is 13.1. The zero-order valence-corrected chi connectivity index (χ0v) is 17.9. The minimum Gasteiger partial charge on any atom is -0.497 e. The number of hydrogen-bond donors (Lipinski definition) is 0. The van der Waals surface area contributed by atoms with Crippen LogP contribution < -0.4 is 4.74 Å². The summed E-state index contributed by atoms with van der Waals surface area (Å²) in [5.41, 5.74) is -3.97. The van der Waals surface area contributed by atoms with Crippen molar-refractivity contribution in [2.45, 2.75) is 17.2 Å². The fraction of sp³-hybridized carbons (Fsp3) is 0.350. The minimum absolute atomic E-state index is 0.0178. The van der Waals surface area contributed by atoms with E-state index in [1.54, 1.807) is 0 Å². The van der Waals surface area contributed by atoms with Crippen LogP contribution in [0.15, 0.2) is 47.4 Å². The van der Waals surface area contributed by atoms with Crippen LogP contribution in [0.5, 0.6) is 5.75 Å². The van der Waals surface area contributed by atoms with Crippen molar-refractivity contribution >= 4 is 15.9 Å². The van der Waals surface area contributed by atoms with Crippen LogP contribution >= 0.6 is 0 Å². The molecule has 0 unspecified atom stereocenters. The number of alkyl halides is 6. The van der Waals surface area contributed by atoms with Gasteiger partial charge in [-0.15, -0.1) is 0 Å². The standard InChI is InChI=1S/C20H18F6N2O4S/c1-32-16-2-4-17(5-3-16)33(30,31)28-8-6-27(7-9-28)18(29)13-10-14(19(21,22)23)12-15(11-13)20(24,25)26/h2-5,10-12H,6-9H2,1H3. The van der Waals surface area contributed by atoms with Gasteiger partial charge in [-0.25, -0.2) is 8.42 Å². The van der Waals surface area contributed by atoms with E-state index in [-0.39, 0.29) is 37.1 Å². The van der Waals surface area contributed by atoms with E-state index < -0.39 is 45.0 Å². The summed E-state index contributed by atoms with van der Waals surface area (Å²) in [6, 6.07) is 6.25. The molecule has 6 nitrogen and oxygen atoms in total. The highest BCUT2D eigenvalue weighted by molar-refractivity contribution is 7.89. The Labute approximate surface area is 185 Å². The molecule has 1 heterocycles. The Kier molecular flexibility index (Phi) is 6.67. The molecule has 1 fully saturated rings. The zero-order chi connectivity index (χ0) is 24.6. The molecule has 0 N–H and O–H groups in total. The Morgan fingerprint density at radius 2 is 1.33 bits per heavy atom. The average Bonchev–Trinajstić information content (AvgIpc) is 2.77. The molecular weight excluding hydrogens is 478 g/mol. The Balaban J connectivity index is 1.79. The number of halogens is 6. The summed E-state index contributed by atoms with van der Waals surface area (Å²) in [5.74, 6) is -0.600. The molecule has 0 bridgehead atoms. The molecule has 2 aromatic rings. The maximum atomic E-state index is 13.1. The van der Waals surface area contributed by atoms with Crippen LogP contribution in [0.3, 0.4) is 0 Å². The molecule has 0 aliphatic carbocycles. The first-order chi connectivity index (χ1) is 15.2. The lowest BCUT2D eigenvalue weighted by Crippen LogP contribution is -2.50. The van der Waals surface area contributed by atoms with Gasteiger partial charge in [-0.05, 0) is 42.5 Å². The highest BCUT2D eigenvalue weighted by Crippen LogP contribution is 2.36. The van der Waals surface area contributed by atoms with Gasteiger partial charge < -0.3 is 9.64 Å². The number of carbonyl (C=O) groups excluding carboxylic acids is 1. The van der Waals surface area contributed by atoms with Crippen LogP contribution in [-0.2, 0) is 22.4 Å². The van der Waals surface area contributed by atoms with E-state index in [1.165, 1.54) is 31.4 Å². The molecule has 13 heteroatoms. The van der Waals surface area contributed by atoms with Crippen LogP contribution in [0.2, 0.25) is 0 Å². The molecular formula is C20H18F6N2O4S. The highest BCUT2D eigenvalue weighted by atomic mass is 32.2. The van der Waals surface area contributed by atoms with Gasteiger partial charge >= 0.3 is 12.4 Å². The third-order valence-electron chi connectivity index (χ3n) is 5.06. The van der Waals surface area contributed by atoms with Crippen LogP contribution in [0.25, 0.3) is 0 Å². The number of methoxy groups -OCH3 is 1. The van der Waals surface area contributed by atoms with Gasteiger partial charge in [-0.3, -0.25) is 4.79 Å². The average molecular weight is 496 g/mol. The lowest BCUT2D eigenvalue weighted by molar-refractivity contribution is -0.143. The van der Waals surface area contributed by atoms with Crippen LogP contribution in [0.1, 0.15) is 21.5 Å². The van der Waals surface area contributed by atoms with Gasteiger partial charge in [-0.1, -0.05) is 0 Å². The van der Waals surface area contributed by atoms with E-state index in [2.05, 4.69) is 0 Å². The van der Waals surface area contributed by atoms with Gasteiger partial charge in [0.1, 0.15) is 5.75 Å². The smallest absolute Gasteiger partial charge is 0.416 e. The number of rotatable bonds is 4. The molecule has 0 spiro atoms. The second-order valence-electron chi connectivity index (χ2n) is 7.17. The lowest BCUT2D eigenvalue weighted by Gasteiger charge is -2.34. The number of nitrogens with zero attached hydrogens (tertiary/aromatic N) is 2. The first-order valence-electron chi connectivity index (χ1n) is 9.46. The third-order valence-corrected chi connectivity index (χ3v) is 6.97. The number of amides is 1. The van der Waals surface area contributed by atoms with E-state index >= 15 is 0 Å². The second-order valence-corrected chi connectivity index (χ2v) is 9.10. The number of hydrogen-bond acceptors (Lipinski definition) is 4. The monoisotopic (exact) mass is 496 g/mol. The van der Waals surface area contributed by atoms with Gasteiger partial charge in [0, 0.05) is 31.7 Å². The number of benzene rings is 2. The van der Waals surface area contributed by atoms with Crippen molar-refractivity contribution in [1.29, 1.82) is 0 Å². The third kappa shape index (κ3) is 5.41. The Morgan fingerprint density at radius 1 is 0.848 bits per heavy atom. The molecule has 0 atom stereocenters. The van der Waals surface area contributed by atoms with Crippen LogP contribution in [-0.4, -0.2) is 56.8 Å². The topological polar surface area (TPSA) is 66.9 Å². The Hall–Kier alpha value is -2.80. The molecule has 1 saturated heterocycles. The van der Waals surface area contributed by atoms with Gasteiger partial charge in [0.05, 0.1) is 23.1 Å². The number of carbonyl (C=O) groups is 1. The van der Waals surface area contributed by atoms with Gasteiger partial charge in [-0.2, -0.15) is 30.6 Å². The largest absolute Gasteiger partial charge is 0.497 e. The molecule has 3 rings (SSSR count). The minimum atomic E-state index is -5.08. The summed E-state index contributed by atoms with van der Waals surface area (Å²) in [5, 5.41) is 0. The Bertz CT molecular complexity index is 1090. The van der Waals surface area contributed by atoms with Gasteiger partial charge in [0.15, 0.2) is 0 Å². The molecule has 0 aromatic heterocycles. The number of piperazine rings is 1. The van der Waals surface area contributed by atoms with Crippen LogP contribution in [0.4, 0.5) is 26.3 Å². The first kappa shape index (κ1) is 24.8. The van der Waals surface area contributed by atoms with Gasteiger partial charge in [0.25, 0.3) is 5.91 Å². The Morgan fingerprint density at radius 3 is 1.76 bits per heavy atom. The van der Waals surface area contributed by atoms with Crippen molar-refractivity contribution in [3.63, 3.8) is 0 Å². The van der Waals surface area contributed by atoms with Crippen molar-refractivity contribution in [1.82, 2.24) is 9.21 Å². The summed E-state index contributed by atoms with van der Waals surface area (Å²) in [4.78, 5) is 13.7. The first-order valence-corrected chi connectivity index (χ1v) is 10.9. The van der Waals surface area contributed by atoms with E-state index in [0.29, 0.717) is 17.9 Å². The molecule has 0 saturated carbocycles. The normalized spacial score (nSPS) is 16.0. The maximum Gasteiger partial charge on any atom is 0.416 e. The molecule has 33 heavy (non-hydrogen) atoms. The highest BCUT2D eigenvalue weighted by Gasteiger charge is 2.38. The van der Waals surface area contributed by atoms with Crippen molar-refractivity contribution < 1.29 is 44.3 Å². The van der Waals surface area contributed by atoms with Crippen molar-refractivity contribution in [3.8, 4) is 5.75 Å². The van der Waals surface area contributed by atoms with Crippen molar-refractivity contribution in [2.24, 2.45) is 0 Å². The quantitative estimate of drug-likeness (QED) is 0.603. The summed E-state index contributed by atoms with van der Waals surface area (Å²) in [6.45, 7) is -0.756.